The minimum absolute atomic E-state index is 0.0461. The molecule has 11 heteroatoms. The zero-order chi connectivity index (χ0) is 25.6. The number of alkyl halides is 2. The Balaban J connectivity index is 1.28. The van der Waals surface area contributed by atoms with Gasteiger partial charge in [-0.2, -0.15) is 11.3 Å². The van der Waals surface area contributed by atoms with Gasteiger partial charge in [0, 0.05) is 55.6 Å². The number of esters is 1. The summed E-state index contributed by atoms with van der Waals surface area (Å²) in [6.45, 7) is 4.16. The van der Waals surface area contributed by atoms with Crippen LogP contribution >= 0.6 is 11.3 Å². The number of hydrogen-bond acceptors (Lipinski definition) is 7. The molecule has 1 aliphatic carbocycles. The van der Waals surface area contributed by atoms with Crippen LogP contribution < -0.4 is 5.32 Å². The van der Waals surface area contributed by atoms with Crippen molar-refractivity contribution in [3.8, 4) is 0 Å². The Labute approximate surface area is 212 Å². The zero-order valence-electron chi connectivity index (χ0n) is 20.3. The Morgan fingerprint density at radius 3 is 2.75 bits per heavy atom. The highest BCUT2D eigenvalue weighted by Crippen LogP contribution is 2.49. The summed E-state index contributed by atoms with van der Waals surface area (Å²) in [4.78, 5) is 26.3. The number of rotatable bonds is 8. The Kier molecular flexibility index (Phi) is 6.67. The molecule has 196 valence electrons. The Hall–Kier alpha value is -2.37. The lowest BCUT2D eigenvalue weighted by atomic mass is 9.80. The van der Waals surface area contributed by atoms with Crippen LogP contribution in [0.25, 0.3) is 0 Å². The maximum atomic E-state index is 14.0. The summed E-state index contributed by atoms with van der Waals surface area (Å²) in [5.74, 6) is -3.70. The van der Waals surface area contributed by atoms with Gasteiger partial charge in [-0.15, -0.1) is 0 Å². The summed E-state index contributed by atoms with van der Waals surface area (Å²) in [7, 11) is 0. The van der Waals surface area contributed by atoms with E-state index in [-0.39, 0.29) is 31.2 Å². The minimum atomic E-state index is -2.91. The van der Waals surface area contributed by atoms with E-state index in [1.165, 1.54) is 11.3 Å². The number of amides is 1. The molecule has 0 radical (unpaired) electrons. The zero-order valence-corrected chi connectivity index (χ0v) is 21.1. The molecule has 4 fully saturated rings. The molecule has 3 aliphatic heterocycles. The van der Waals surface area contributed by atoms with Crippen molar-refractivity contribution >= 4 is 29.0 Å². The molecule has 2 aromatic heterocycles. The number of carbonyl (C=O) groups is 2. The number of aliphatic hydroxyl groups is 1. The standard InChI is InChI=1S/C25H31F2N3O5S/c1-2-19-11-21(29-35-19)28-22(31)14-30-8-4-16(5-9-30)20(13-30)34-23(32)25(33,18-6-10-36-15-18)17-3-7-24(26,27)12-17/h6,10-11,15-17,20,33H,2-5,7-9,12-14H2,1H3/p+1/t16?,17?,20-,25?,30?/m0/s1. The molecule has 2 N–H and O–H groups in total. The summed E-state index contributed by atoms with van der Waals surface area (Å²) >= 11 is 1.30. The monoisotopic (exact) mass is 524 g/mol. The number of quaternary nitrogens is 1. The lowest BCUT2D eigenvalue weighted by Gasteiger charge is -2.51. The van der Waals surface area contributed by atoms with Gasteiger partial charge in [0.15, 0.2) is 24.1 Å². The van der Waals surface area contributed by atoms with E-state index < -0.39 is 35.9 Å². The van der Waals surface area contributed by atoms with Crippen LogP contribution in [0.4, 0.5) is 14.6 Å². The third-order valence-electron chi connectivity index (χ3n) is 8.22. The van der Waals surface area contributed by atoms with Crippen molar-refractivity contribution in [2.75, 3.05) is 31.5 Å². The second-order valence-electron chi connectivity index (χ2n) is 10.6. The maximum Gasteiger partial charge on any atom is 0.343 e. The highest BCUT2D eigenvalue weighted by Gasteiger charge is 2.56. The van der Waals surface area contributed by atoms with Gasteiger partial charge in [0.1, 0.15) is 12.3 Å². The summed E-state index contributed by atoms with van der Waals surface area (Å²) in [5.41, 5.74) is -1.80. The number of carbonyl (C=O) groups excluding carboxylic acids is 2. The molecule has 3 atom stereocenters. The van der Waals surface area contributed by atoms with Crippen LogP contribution in [-0.2, 0) is 26.3 Å². The van der Waals surface area contributed by atoms with E-state index in [2.05, 4.69) is 10.5 Å². The number of piperidine rings is 3. The Morgan fingerprint density at radius 2 is 2.14 bits per heavy atom. The van der Waals surface area contributed by atoms with Gasteiger partial charge in [-0.1, -0.05) is 12.1 Å². The van der Waals surface area contributed by atoms with Crippen molar-refractivity contribution in [1.82, 2.24) is 5.16 Å². The molecular weight excluding hydrogens is 492 g/mol. The minimum Gasteiger partial charge on any atom is -0.454 e. The first-order valence-corrected chi connectivity index (χ1v) is 13.5. The maximum absolute atomic E-state index is 14.0. The molecule has 5 heterocycles. The van der Waals surface area contributed by atoms with Crippen LogP contribution in [0.15, 0.2) is 27.4 Å². The first-order valence-electron chi connectivity index (χ1n) is 12.6. The van der Waals surface area contributed by atoms with E-state index in [1.807, 2.05) is 6.92 Å². The van der Waals surface area contributed by atoms with Crippen LogP contribution in [0, 0.1) is 11.8 Å². The number of halogens is 2. The van der Waals surface area contributed by atoms with E-state index in [0.717, 1.165) is 25.9 Å². The van der Waals surface area contributed by atoms with Gasteiger partial charge in [-0.05, 0) is 23.2 Å². The molecule has 3 saturated heterocycles. The molecule has 2 bridgehead atoms. The average Bonchev–Trinajstić information content (AvgIpc) is 3.60. The van der Waals surface area contributed by atoms with Gasteiger partial charge < -0.3 is 24.2 Å². The van der Waals surface area contributed by atoms with Crippen LogP contribution in [0.1, 0.15) is 50.4 Å². The third kappa shape index (κ3) is 4.80. The summed E-state index contributed by atoms with van der Waals surface area (Å²) < 4.78 is 39.6. The Morgan fingerprint density at radius 1 is 1.36 bits per heavy atom. The van der Waals surface area contributed by atoms with Gasteiger partial charge in [-0.25, -0.2) is 13.6 Å². The number of aromatic nitrogens is 1. The lowest BCUT2D eigenvalue weighted by Crippen LogP contribution is -2.66. The molecule has 8 nitrogen and oxygen atoms in total. The Bertz CT molecular complexity index is 1100. The molecule has 36 heavy (non-hydrogen) atoms. The molecule has 2 unspecified atom stereocenters. The molecule has 1 amide bonds. The number of nitrogens with one attached hydrogen (secondary N) is 1. The molecule has 0 spiro atoms. The van der Waals surface area contributed by atoms with Crippen molar-refractivity contribution < 1.29 is 37.2 Å². The van der Waals surface area contributed by atoms with E-state index in [4.69, 9.17) is 9.26 Å². The third-order valence-corrected chi connectivity index (χ3v) is 8.90. The van der Waals surface area contributed by atoms with Crippen LogP contribution in [-0.4, -0.2) is 64.8 Å². The van der Waals surface area contributed by atoms with Crippen molar-refractivity contribution in [3.05, 3.63) is 34.2 Å². The van der Waals surface area contributed by atoms with Crippen molar-refractivity contribution in [2.24, 2.45) is 11.8 Å². The van der Waals surface area contributed by atoms with E-state index in [0.29, 0.717) is 34.6 Å². The van der Waals surface area contributed by atoms with Crippen molar-refractivity contribution in [2.45, 2.75) is 63.1 Å². The quantitative estimate of drug-likeness (QED) is 0.403. The van der Waals surface area contributed by atoms with Gasteiger partial charge in [0.05, 0.1) is 13.1 Å². The molecule has 1 saturated carbocycles. The molecule has 2 aromatic rings. The number of aryl methyl sites for hydroxylation is 1. The van der Waals surface area contributed by atoms with E-state index in [1.54, 1.807) is 22.9 Å². The van der Waals surface area contributed by atoms with Gasteiger partial charge in [0.2, 0.25) is 5.92 Å². The second kappa shape index (κ2) is 9.50. The predicted molar refractivity (Wildman–Crippen MR) is 127 cm³/mol. The summed E-state index contributed by atoms with van der Waals surface area (Å²) in [6.07, 6.45) is 0.895. The fourth-order valence-electron chi connectivity index (χ4n) is 6.14. The first-order chi connectivity index (χ1) is 17.1. The molecule has 6 rings (SSSR count). The van der Waals surface area contributed by atoms with Gasteiger partial charge in [0.25, 0.3) is 5.91 Å². The number of ether oxygens (including phenoxy) is 1. The average molecular weight is 525 g/mol. The van der Waals surface area contributed by atoms with Gasteiger partial charge in [-0.3, -0.25) is 4.79 Å². The van der Waals surface area contributed by atoms with Crippen LogP contribution in [0.3, 0.4) is 0 Å². The fourth-order valence-corrected chi connectivity index (χ4v) is 6.85. The highest BCUT2D eigenvalue weighted by atomic mass is 32.1. The first kappa shape index (κ1) is 25.3. The van der Waals surface area contributed by atoms with Gasteiger partial charge >= 0.3 is 5.97 Å². The molecule has 0 aromatic carbocycles. The van der Waals surface area contributed by atoms with E-state index >= 15 is 0 Å². The van der Waals surface area contributed by atoms with Crippen molar-refractivity contribution in [1.29, 1.82) is 0 Å². The molecular formula is C25H32F2N3O5S+. The number of anilines is 1. The topological polar surface area (TPSA) is 102 Å². The lowest BCUT2D eigenvalue weighted by molar-refractivity contribution is -0.939. The highest BCUT2D eigenvalue weighted by molar-refractivity contribution is 7.08. The number of thiophene rings is 1. The summed E-state index contributed by atoms with van der Waals surface area (Å²) in [5, 5.41) is 21.6. The smallest absolute Gasteiger partial charge is 0.343 e. The van der Waals surface area contributed by atoms with Crippen LogP contribution in [0.2, 0.25) is 0 Å². The summed E-state index contributed by atoms with van der Waals surface area (Å²) in [6, 6.07) is 3.30. The molecule has 4 aliphatic rings. The largest absolute Gasteiger partial charge is 0.454 e. The SMILES string of the molecule is CCc1cc(NC(=O)C[N+]23CCC(CC2)[C@@H](OC(=O)C(O)(c2ccsc2)C2CCC(F)(F)C2)C3)no1. The normalized spacial score (nSPS) is 30.6. The van der Waals surface area contributed by atoms with E-state index in [9.17, 15) is 23.5 Å². The number of hydrogen-bond donors (Lipinski definition) is 2. The predicted octanol–water partition coefficient (Wildman–Crippen LogP) is 3.71. The fraction of sp³-hybridized carbons (Fsp3) is 0.640. The second-order valence-corrected chi connectivity index (χ2v) is 11.3. The number of fused-ring (bicyclic) bond motifs is 3. The van der Waals surface area contributed by atoms with Crippen LogP contribution in [0.5, 0.6) is 0 Å². The van der Waals surface area contributed by atoms with Crippen molar-refractivity contribution in [3.63, 3.8) is 0 Å². The number of nitrogens with zero attached hydrogens (tertiary/aromatic N) is 2.